The van der Waals surface area contributed by atoms with Gasteiger partial charge in [-0.25, -0.2) is 4.39 Å². The number of rotatable bonds is 5. The zero-order chi connectivity index (χ0) is 25.2. The van der Waals surface area contributed by atoms with Crippen molar-refractivity contribution in [2.24, 2.45) is 5.92 Å². The van der Waals surface area contributed by atoms with Crippen LogP contribution in [0.25, 0.3) is 33.1 Å². The Balaban J connectivity index is 1.69. The molecule has 3 heterocycles. The fourth-order valence-corrected chi connectivity index (χ4v) is 5.66. The van der Waals surface area contributed by atoms with E-state index in [1.54, 1.807) is 26.0 Å². The molecule has 0 radical (unpaired) electrons. The highest BCUT2D eigenvalue weighted by Crippen LogP contribution is 2.45. The van der Waals surface area contributed by atoms with Gasteiger partial charge in [-0.15, -0.1) is 0 Å². The molecule has 1 saturated carbocycles. The van der Waals surface area contributed by atoms with Crippen LogP contribution in [0.3, 0.4) is 0 Å². The highest BCUT2D eigenvalue weighted by atomic mass is 19.1. The Morgan fingerprint density at radius 2 is 1.81 bits per heavy atom. The average molecular weight is 484 g/mol. The van der Waals surface area contributed by atoms with Crippen LogP contribution in [0.15, 0.2) is 59.3 Å². The molecule has 0 amide bonds. The van der Waals surface area contributed by atoms with Crippen molar-refractivity contribution in [2.45, 2.75) is 58.6 Å². The lowest BCUT2D eigenvalue weighted by Gasteiger charge is -2.36. The van der Waals surface area contributed by atoms with Crippen LogP contribution in [0.5, 0.6) is 0 Å². The highest BCUT2D eigenvalue weighted by Gasteiger charge is 2.33. The van der Waals surface area contributed by atoms with Crippen molar-refractivity contribution >= 4 is 21.9 Å². The van der Waals surface area contributed by atoms with Crippen molar-refractivity contribution in [1.82, 2.24) is 14.7 Å². The van der Waals surface area contributed by atoms with Gasteiger partial charge < -0.3 is 14.2 Å². The summed E-state index contributed by atoms with van der Waals surface area (Å²) in [6.45, 7) is 7.47. The minimum absolute atomic E-state index is 0.0260. The monoisotopic (exact) mass is 483 g/mol. The normalized spacial score (nSPS) is 15.5. The number of nitrogens with zero attached hydrogens (tertiary/aromatic N) is 3. The summed E-state index contributed by atoms with van der Waals surface area (Å²) in [6.07, 6.45) is 5.31. The molecule has 1 fully saturated rings. The molecule has 6 heteroatoms. The van der Waals surface area contributed by atoms with E-state index >= 15 is 0 Å². The summed E-state index contributed by atoms with van der Waals surface area (Å²) in [6, 6.07) is 15.2. The number of halogens is 1. The first-order valence-electron chi connectivity index (χ1n) is 12.6. The number of aryl methyl sites for hydroxylation is 2. The van der Waals surface area contributed by atoms with Gasteiger partial charge in [-0.2, -0.15) is 0 Å². The molecule has 0 unspecified atom stereocenters. The summed E-state index contributed by atoms with van der Waals surface area (Å²) < 4.78 is 21.7. The van der Waals surface area contributed by atoms with E-state index < -0.39 is 5.60 Å². The molecule has 5 aromatic rings. The van der Waals surface area contributed by atoms with Gasteiger partial charge in [-0.3, -0.25) is 4.98 Å². The van der Waals surface area contributed by atoms with E-state index in [0.717, 1.165) is 68.5 Å². The SMILES string of the molecule is Cc1noc(C)c1-c1cnc2c3ccc(C(C)(C)O)cc3n([C@@H](c3ccc(F)cc3)C3CCC3)c2c1. The van der Waals surface area contributed by atoms with Crippen LogP contribution in [0.2, 0.25) is 0 Å². The Hall–Kier alpha value is -3.51. The number of hydrogen-bond acceptors (Lipinski definition) is 4. The molecule has 1 N–H and O–H groups in total. The molecule has 6 rings (SSSR count). The number of pyridine rings is 1. The summed E-state index contributed by atoms with van der Waals surface area (Å²) in [5, 5.41) is 16.0. The largest absolute Gasteiger partial charge is 0.386 e. The van der Waals surface area contributed by atoms with Gasteiger partial charge >= 0.3 is 0 Å². The third-order valence-electron chi connectivity index (χ3n) is 7.75. The van der Waals surface area contributed by atoms with Gasteiger partial charge in [0.15, 0.2) is 0 Å². The second-order valence-electron chi connectivity index (χ2n) is 10.6. The van der Waals surface area contributed by atoms with E-state index in [9.17, 15) is 9.50 Å². The van der Waals surface area contributed by atoms with Crippen LogP contribution in [0.4, 0.5) is 4.39 Å². The quantitative estimate of drug-likeness (QED) is 0.287. The Morgan fingerprint density at radius 1 is 1.06 bits per heavy atom. The van der Waals surface area contributed by atoms with Gasteiger partial charge in [0.2, 0.25) is 0 Å². The van der Waals surface area contributed by atoms with Crippen LogP contribution >= 0.6 is 0 Å². The van der Waals surface area contributed by atoms with Crippen LogP contribution in [-0.4, -0.2) is 19.8 Å². The maximum Gasteiger partial charge on any atom is 0.141 e. The lowest BCUT2D eigenvalue weighted by molar-refractivity contribution is 0.0787. The second kappa shape index (κ2) is 8.27. The number of hydrogen-bond donors (Lipinski definition) is 1. The predicted molar refractivity (Wildman–Crippen MR) is 139 cm³/mol. The molecule has 184 valence electrons. The molecule has 2 aromatic carbocycles. The van der Waals surface area contributed by atoms with E-state index in [1.807, 2.05) is 38.2 Å². The molecule has 1 atom stereocenters. The van der Waals surface area contributed by atoms with E-state index in [2.05, 4.69) is 27.9 Å². The molecule has 1 aliphatic carbocycles. The van der Waals surface area contributed by atoms with Crippen molar-refractivity contribution in [2.75, 3.05) is 0 Å². The fourth-order valence-electron chi connectivity index (χ4n) is 5.66. The zero-order valence-electron chi connectivity index (χ0n) is 21.0. The molecule has 3 aromatic heterocycles. The van der Waals surface area contributed by atoms with Crippen molar-refractivity contribution in [3.8, 4) is 11.1 Å². The van der Waals surface area contributed by atoms with Crippen LogP contribution in [-0.2, 0) is 5.60 Å². The van der Waals surface area contributed by atoms with Crippen molar-refractivity contribution in [3.05, 3.63) is 83.1 Å². The second-order valence-corrected chi connectivity index (χ2v) is 10.6. The number of aliphatic hydroxyl groups is 1. The number of benzene rings is 2. The van der Waals surface area contributed by atoms with Crippen molar-refractivity contribution < 1.29 is 14.0 Å². The Kier molecular flexibility index (Phi) is 5.27. The summed E-state index contributed by atoms with van der Waals surface area (Å²) in [5.41, 5.74) is 6.63. The lowest BCUT2D eigenvalue weighted by atomic mass is 9.77. The molecule has 0 bridgehead atoms. The van der Waals surface area contributed by atoms with E-state index in [1.165, 1.54) is 6.42 Å². The first kappa shape index (κ1) is 22.9. The van der Waals surface area contributed by atoms with E-state index in [4.69, 9.17) is 9.51 Å². The molecule has 36 heavy (non-hydrogen) atoms. The summed E-state index contributed by atoms with van der Waals surface area (Å²) in [5.74, 6) is 0.956. The Labute approximate surface area is 209 Å². The molecule has 1 aliphatic rings. The van der Waals surface area contributed by atoms with Gasteiger partial charge in [-0.05, 0) is 81.8 Å². The third kappa shape index (κ3) is 3.63. The zero-order valence-corrected chi connectivity index (χ0v) is 21.0. The minimum Gasteiger partial charge on any atom is -0.386 e. The molecule has 0 aliphatic heterocycles. The molecule has 5 nitrogen and oxygen atoms in total. The van der Waals surface area contributed by atoms with Crippen molar-refractivity contribution in [3.63, 3.8) is 0 Å². The maximum atomic E-state index is 13.9. The third-order valence-corrected chi connectivity index (χ3v) is 7.75. The van der Waals surface area contributed by atoms with Crippen molar-refractivity contribution in [1.29, 1.82) is 0 Å². The Bertz CT molecular complexity index is 1570. The fraction of sp³-hybridized carbons (Fsp3) is 0.333. The smallest absolute Gasteiger partial charge is 0.141 e. The predicted octanol–water partition coefficient (Wildman–Crippen LogP) is 7.22. The van der Waals surface area contributed by atoms with Gasteiger partial charge in [0.05, 0.1) is 33.9 Å². The van der Waals surface area contributed by atoms with E-state index in [-0.39, 0.29) is 11.9 Å². The molecular weight excluding hydrogens is 453 g/mol. The van der Waals surface area contributed by atoms with Gasteiger partial charge in [-0.1, -0.05) is 35.8 Å². The van der Waals surface area contributed by atoms with Gasteiger partial charge in [0, 0.05) is 22.7 Å². The summed E-state index contributed by atoms with van der Waals surface area (Å²) in [4.78, 5) is 4.94. The first-order chi connectivity index (χ1) is 17.2. The van der Waals surface area contributed by atoms with Crippen LogP contribution < -0.4 is 0 Å². The van der Waals surface area contributed by atoms with E-state index in [0.29, 0.717) is 5.92 Å². The van der Waals surface area contributed by atoms with Gasteiger partial charge in [0.25, 0.3) is 0 Å². The first-order valence-corrected chi connectivity index (χ1v) is 12.6. The molecule has 0 spiro atoms. The molecule has 0 saturated heterocycles. The summed E-state index contributed by atoms with van der Waals surface area (Å²) >= 11 is 0. The van der Waals surface area contributed by atoms with Gasteiger partial charge in [0.1, 0.15) is 11.6 Å². The Morgan fingerprint density at radius 3 is 2.42 bits per heavy atom. The number of aromatic nitrogens is 3. The lowest BCUT2D eigenvalue weighted by Crippen LogP contribution is -2.26. The highest BCUT2D eigenvalue weighted by molar-refractivity contribution is 6.07. The van der Waals surface area contributed by atoms with Crippen LogP contribution in [0, 0.1) is 25.6 Å². The minimum atomic E-state index is -0.980. The number of fused-ring (bicyclic) bond motifs is 3. The maximum absolute atomic E-state index is 13.9. The summed E-state index contributed by atoms with van der Waals surface area (Å²) in [7, 11) is 0. The topological polar surface area (TPSA) is 64.1 Å². The molecular formula is C30H30FN3O2. The average Bonchev–Trinajstić information content (AvgIpc) is 3.31. The van der Waals surface area contributed by atoms with Crippen LogP contribution in [0.1, 0.15) is 61.7 Å². The standard InChI is InChI=1S/C30H30FN3O2/c1-17-27(18(2)36-33-17)21-14-26-28(32-16-21)24-13-10-22(30(3,4)35)15-25(24)34(26)29(19-6-5-7-19)20-8-11-23(31)12-9-20/h8-16,19,29,35H,5-7H2,1-4H3/t29-/m1/s1.